The van der Waals surface area contributed by atoms with Crippen molar-refractivity contribution in [3.05, 3.63) is 64.7 Å². The first-order valence-electron chi connectivity index (χ1n) is 6.82. The molecule has 0 aromatic heterocycles. The van der Waals surface area contributed by atoms with Gasteiger partial charge in [0.05, 0.1) is 0 Å². The predicted octanol–water partition coefficient (Wildman–Crippen LogP) is 3.27. The van der Waals surface area contributed by atoms with Crippen molar-refractivity contribution in [1.29, 1.82) is 0 Å². The quantitative estimate of drug-likeness (QED) is 0.874. The lowest BCUT2D eigenvalue weighted by molar-refractivity contribution is 0.1000. The van der Waals surface area contributed by atoms with Crippen molar-refractivity contribution < 1.29 is 4.79 Å². The molecule has 1 amide bonds. The van der Waals surface area contributed by atoms with E-state index in [9.17, 15) is 4.79 Å². The zero-order chi connectivity index (χ0) is 14.5. The summed E-state index contributed by atoms with van der Waals surface area (Å²) < 4.78 is 0. The van der Waals surface area contributed by atoms with E-state index in [1.165, 1.54) is 11.1 Å². The van der Waals surface area contributed by atoms with Gasteiger partial charge in [-0.2, -0.15) is 0 Å². The Hall–Kier alpha value is -2.29. The summed E-state index contributed by atoms with van der Waals surface area (Å²) in [5.74, 6) is -0.394. The number of nitrogens with two attached hydrogens (primary N) is 1. The molecule has 0 unspecified atom stereocenters. The molecule has 0 bridgehead atoms. The molecule has 3 heteroatoms. The fraction of sp³-hybridized carbons (Fsp3) is 0.235. The van der Waals surface area contributed by atoms with Gasteiger partial charge >= 0.3 is 0 Å². The van der Waals surface area contributed by atoms with E-state index in [1.807, 2.05) is 19.1 Å². The van der Waals surface area contributed by atoms with E-state index in [0.29, 0.717) is 5.56 Å². The van der Waals surface area contributed by atoms with Crippen LogP contribution < -0.4 is 11.1 Å². The number of aryl methyl sites for hydroxylation is 2. The van der Waals surface area contributed by atoms with E-state index in [4.69, 9.17) is 5.73 Å². The molecule has 2 rings (SSSR count). The normalized spacial score (nSPS) is 10.3. The molecule has 0 spiro atoms. The van der Waals surface area contributed by atoms with Crippen molar-refractivity contribution in [1.82, 2.24) is 0 Å². The average molecular weight is 268 g/mol. The minimum atomic E-state index is -0.394. The fourth-order valence-electron chi connectivity index (χ4n) is 2.11. The van der Waals surface area contributed by atoms with Gasteiger partial charge in [0.25, 0.3) is 0 Å². The standard InChI is InChI=1S/C17H20N2O/c1-3-13-4-6-14(7-5-13)11-19-16-9-8-15(17(18)20)10-12(16)2/h4-10,19H,3,11H2,1-2H3,(H2,18,20). The molecular weight excluding hydrogens is 248 g/mol. The Balaban J connectivity index is 2.04. The highest BCUT2D eigenvalue weighted by molar-refractivity contribution is 5.93. The zero-order valence-corrected chi connectivity index (χ0v) is 11.9. The van der Waals surface area contributed by atoms with E-state index in [1.54, 1.807) is 6.07 Å². The average Bonchev–Trinajstić information content (AvgIpc) is 2.46. The van der Waals surface area contributed by atoms with E-state index in [2.05, 4.69) is 36.5 Å². The van der Waals surface area contributed by atoms with Gasteiger partial charge in [0.15, 0.2) is 0 Å². The lowest BCUT2D eigenvalue weighted by Gasteiger charge is -2.11. The number of amides is 1. The van der Waals surface area contributed by atoms with Crippen molar-refractivity contribution >= 4 is 11.6 Å². The van der Waals surface area contributed by atoms with Crippen LogP contribution in [0.4, 0.5) is 5.69 Å². The van der Waals surface area contributed by atoms with Crippen molar-refractivity contribution in [2.45, 2.75) is 26.8 Å². The van der Waals surface area contributed by atoms with E-state index >= 15 is 0 Å². The largest absolute Gasteiger partial charge is 0.381 e. The van der Waals surface area contributed by atoms with Crippen LogP contribution in [0.5, 0.6) is 0 Å². The molecule has 2 aromatic rings. The second-order valence-electron chi connectivity index (χ2n) is 4.92. The first-order chi connectivity index (χ1) is 9.60. The lowest BCUT2D eigenvalue weighted by atomic mass is 10.1. The molecule has 0 aliphatic heterocycles. The molecule has 0 fully saturated rings. The summed E-state index contributed by atoms with van der Waals surface area (Å²) in [4.78, 5) is 11.1. The molecule has 3 nitrogen and oxygen atoms in total. The third-order valence-electron chi connectivity index (χ3n) is 3.43. The van der Waals surface area contributed by atoms with Crippen LogP contribution in [0.25, 0.3) is 0 Å². The Kier molecular flexibility index (Phi) is 4.41. The molecule has 3 N–H and O–H groups in total. The number of carbonyl (C=O) groups excluding carboxylic acids is 1. The maximum absolute atomic E-state index is 11.1. The molecule has 0 aliphatic rings. The van der Waals surface area contributed by atoms with Gasteiger partial charge in [0.2, 0.25) is 5.91 Å². The number of anilines is 1. The van der Waals surface area contributed by atoms with Crippen LogP contribution in [0.15, 0.2) is 42.5 Å². The van der Waals surface area contributed by atoms with Gasteiger partial charge in [-0.15, -0.1) is 0 Å². The molecule has 2 aromatic carbocycles. The van der Waals surface area contributed by atoms with E-state index in [0.717, 1.165) is 24.2 Å². The summed E-state index contributed by atoms with van der Waals surface area (Å²) in [6.45, 7) is 4.88. The molecule has 0 atom stereocenters. The summed E-state index contributed by atoms with van der Waals surface area (Å²) in [5.41, 5.74) is 10.4. The minimum Gasteiger partial charge on any atom is -0.381 e. The molecular formula is C17H20N2O. The van der Waals surface area contributed by atoms with Gasteiger partial charge in [-0.1, -0.05) is 31.2 Å². The Morgan fingerprint density at radius 2 is 1.75 bits per heavy atom. The monoisotopic (exact) mass is 268 g/mol. The summed E-state index contributed by atoms with van der Waals surface area (Å²) >= 11 is 0. The van der Waals surface area contributed by atoms with Crippen molar-refractivity contribution in [2.24, 2.45) is 5.73 Å². The van der Waals surface area contributed by atoms with Crippen LogP contribution in [0.3, 0.4) is 0 Å². The maximum atomic E-state index is 11.1. The van der Waals surface area contributed by atoms with Crippen LogP contribution in [0.1, 0.15) is 34.0 Å². The van der Waals surface area contributed by atoms with Crippen LogP contribution in [0, 0.1) is 6.92 Å². The number of nitrogens with one attached hydrogen (secondary N) is 1. The molecule has 0 saturated carbocycles. The highest BCUT2D eigenvalue weighted by atomic mass is 16.1. The first kappa shape index (κ1) is 14.1. The molecule has 0 heterocycles. The van der Waals surface area contributed by atoms with Crippen LogP contribution >= 0.6 is 0 Å². The third kappa shape index (κ3) is 3.38. The number of benzene rings is 2. The second kappa shape index (κ2) is 6.24. The highest BCUT2D eigenvalue weighted by Crippen LogP contribution is 2.17. The van der Waals surface area contributed by atoms with Crippen LogP contribution in [-0.2, 0) is 13.0 Å². The SMILES string of the molecule is CCc1ccc(CNc2ccc(C(N)=O)cc2C)cc1. The Labute approximate surface area is 119 Å². The van der Waals surface area contributed by atoms with E-state index in [-0.39, 0.29) is 0 Å². The number of hydrogen-bond donors (Lipinski definition) is 2. The van der Waals surface area contributed by atoms with Crippen molar-refractivity contribution in [2.75, 3.05) is 5.32 Å². The van der Waals surface area contributed by atoms with Gasteiger partial charge in [0.1, 0.15) is 0 Å². The van der Waals surface area contributed by atoms with Gasteiger partial charge in [-0.3, -0.25) is 4.79 Å². The third-order valence-corrected chi connectivity index (χ3v) is 3.43. The van der Waals surface area contributed by atoms with Gasteiger partial charge < -0.3 is 11.1 Å². The highest BCUT2D eigenvalue weighted by Gasteiger charge is 2.04. The molecule has 0 saturated heterocycles. The summed E-state index contributed by atoms with van der Waals surface area (Å²) in [6, 6.07) is 14.0. The molecule has 20 heavy (non-hydrogen) atoms. The zero-order valence-electron chi connectivity index (χ0n) is 11.9. The lowest BCUT2D eigenvalue weighted by Crippen LogP contribution is -2.11. The second-order valence-corrected chi connectivity index (χ2v) is 4.92. The predicted molar refractivity (Wildman–Crippen MR) is 82.8 cm³/mol. The van der Waals surface area contributed by atoms with Crippen molar-refractivity contribution in [3.8, 4) is 0 Å². The van der Waals surface area contributed by atoms with Gasteiger partial charge in [0, 0.05) is 17.8 Å². The van der Waals surface area contributed by atoms with Gasteiger partial charge in [-0.05, 0) is 48.2 Å². The van der Waals surface area contributed by atoms with Crippen molar-refractivity contribution in [3.63, 3.8) is 0 Å². The number of hydrogen-bond acceptors (Lipinski definition) is 2. The molecule has 104 valence electrons. The van der Waals surface area contributed by atoms with E-state index < -0.39 is 5.91 Å². The number of primary amides is 1. The molecule has 0 radical (unpaired) electrons. The van der Waals surface area contributed by atoms with Crippen LogP contribution in [-0.4, -0.2) is 5.91 Å². The Bertz CT molecular complexity index is 603. The van der Waals surface area contributed by atoms with Crippen LogP contribution in [0.2, 0.25) is 0 Å². The summed E-state index contributed by atoms with van der Waals surface area (Å²) in [6.07, 6.45) is 1.06. The Morgan fingerprint density at radius 3 is 2.30 bits per heavy atom. The maximum Gasteiger partial charge on any atom is 0.248 e. The summed E-state index contributed by atoms with van der Waals surface area (Å²) in [7, 11) is 0. The number of rotatable bonds is 5. The Morgan fingerprint density at radius 1 is 1.10 bits per heavy atom. The van der Waals surface area contributed by atoms with Gasteiger partial charge in [-0.25, -0.2) is 0 Å². The smallest absolute Gasteiger partial charge is 0.248 e. The fourth-order valence-corrected chi connectivity index (χ4v) is 2.11. The first-order valence-corrected chi connectivity index (χ1v) is 6.82. The topological polar surface area (TPSA) is 55.1 Å². The minimum absolute atomic E-state index is 0.394. The summed E-state index contributed by atoms with van der Waals surface area (Å²) in [5, 5.41) is 3.38. The number of carbonyl (C=O) groups is 1. The molecule has 0 aliphatic carbocycles.